The molecule has 1 aromatic heterocycles. The van der Waals surface area contributed by atoms with Crippen molar-refractivity contribution in [1.29, 1.82) is 0 Å². The number of hydrogen-bond donors (Lipinski definition) is 2. The molecule has 2 N–H and O–H groups in total. The second-order valence-electron chi connectivity index (χ2n) is 8.44. The molecule has 2 aliphatic rings. The van der Waals surface area contributed by atoms with E-state index in [-0.39, 0.29) is 17.7 Å². The molecule has 4 amide bonds. The summed E-state index contributed by atoms with van der Waals surface area (Å²) in [5, 5.41) is 9.66. The van der Waals surface area contributed by atoms with Gasteiger partial charge in [-0.05, 0) is 50.5 Å². The third-order valence-electron chi connectivity index (χ3n) is 5.96. The topological polar surface area (TPSA) is 96.3 Å². The summed E-state index contributed by atoms with van der Waals surface area (Å²) in [7, 11) is 0. The molecule has 3 rings (SSSR count). The van der Waals surface area contributed by atoms with Crippen LogP contribution in [0.5, 0.6) is 0 Å². The fraction of sp³-hybridized carbons (Fsp3) is 0.700. The quantitative estimate of drug-likeness (QED) is 0.696. The van der Waals surface area contributed by atoms with Crippen molar-refractivity contribution >= 4 is 17.8 Å². The van der Waals surface area contributed by atoms with Crippen molar-refractivity contribution in [2.75, 3.05) is 13.1 Å². The van der Waals surface area contributed by atoms with E-state index in [1.165, 1.54) is 0 Å². The number of nitrogens with zero attached hydrogens (tertiary/aromatic N) is 3. The molecule has 0 spiro atoms. The number of rotatable bonds is 7. The minimum absolute atomic E-state index is 0.0514. The van der Waals surface area contributed by atoms with Crippen LogP contribution in [0.2, 0.25) is 0 Å². The monoisotopic (exact) mass is 389 g/mol. The maximum absolute atomic E-state index is 12.6. The molecule has 154 valence electrons. The van der Waals surface area contributed by atoms with Gasteiger partial charge in [-0.15, -0.1) is 0 Å². The maximum Gasteiger partial charge on any atom is 0.322 e. The van der Waals surface area contributed by atoms with E-state index in [1.807, 2.05) is 24.1 Å². The fourth-order valence-electron chi connectivity index (χ4n) is 4.27. The highest BCUT2D eigenvalue weighted by atomic mass is 16.2. The Hall–Kier alpha value is -2.38. The number of amides is 4. The second kappa shape index (κ2) is 8.32. The fourth-order valence-corrected chi connectivity index (χ4v) is 4.27. The normalized spacial score (nSPS) is 23.2. The van der Waals surface area contributed by atoms with E-state index in [0.717, 1.165) is 25.0 Å². The highest BCUT2D eigenvalue weighted by molar-refractivity contribution is 6.07. The third-order valence-corrected chi connectivity index (χ3v) is 5.96. The van der Waals surface area contributed by atoms with Crippen molar-refractivity contribution in [2.24, 2.45) is 11.8 Å². The molecular formula is C20H31N5O3. The number of hydrogen-bond acceptors (Lipinski definition) is 4. The predicted molar refractivity (Wildman–Crippen MR) is 104 cm³/mol. The van der Waals surface area contributed by atoms with Crippen LogP contribution in [0.1, 0.15) is 51.6 Å². The van der Waals surface area contributed by atoms with Crippen molar-refractivity contribution < 1.29 is 14.4 Å². The first-order chi connectivity index (χ1) is 13.3. The largest absolute Gasteiger partial charge is 0.343 e. The molecule has 1 aromatic rings. The lowest BCUT2D eigenvalue weighted by molar-refractivity contribution is -0.134. The molecule has 0 aromatic carbocycles. The highest BCUT2D eigenvalue weighted by Crippen LogP contribution is 2.35. The van der Waals surface area contributed by atoms with Gasteiger partial charge < -0.3 is 10.2 Å². The Labute approximate surface area is 166 Å². The van der Waals surface area contributed by atoms with Crippen LogP contribution in [-0.4, -0.2) is 51.2 Å². The molecule has 0 aliphatic carbocycles. The second-order valence-corrected chi connectivity index (χ2v) is 8.44. The van der Waals surface area contributed by atoms with Crippen molar-refractivity contribution in [3.8, 4) is 0 Å². The van der Waals surface area contributed by atoms with E-state index in [1.54, 1.807) is 4.68 Å². The molecule has 1 atom stereocenters. The highest BCUT2D eigenvalue weighted by Gasteiger charge is 2.51. The maximum atomic E-state index is 12.6. The van der Waals surface area contributed by atoms with Crippen molar-refractivity contribution in [1.82, 2.24) is 25.3 Å². The van der Waals surface area contributed by atoms with Crippen molar-refractivity contribution in [3.63, 3.8) is 0 Å². The Morgan fingerprint density at radius 3 is 2.57 bits per heavy atom. The standard InChI is InChI=1S/C20H31N5O3/c1-14(2)4-9-20(18(27)21-19(28)22-20)16-6-10-24(11-7-16)17(26)8-13-25-12-5-15(3)23-25/h5,12,14,16H,4,6-11,13H2,1-3H3,(H2,21,22,27,28)/t20-/m0/s1. The molecule has 0 radical (unpaired) electrons. The molecule has 28 heavy (non-hydrogen) atoms. The molecular weight excluding hydrogens is 358 g/mol. The molecule has 8 heteroatoms. The van der Waals surface area contributed by atoms with Gasteiger partial charge in [0.25, 0.3) is 5.91 Å². The zero-order valence-corrected chi connectivity index (χ0v) is 17.0. The minimum Gasteiger partial charge on any atom is -0.343 e. The van der Waals surface area contributed by atoms with Gasteiger partial charge in [-0.25, -0.2) is 4.79 Å². The molecule has 2 aliphatic heterocycles. The summed E-state index contributed by atoms with van der Waals surface area (Å²) in [6.45, 7) is 7.97. The van der Waals surface area contributed by atoms with Crippen molar-refractivity contribution in [3.05, 3.63) is 18.0 Å². The van der Waals surface area contributed by atoms with Gasteiger partial charge in [0.2, 0.25) is 5.91 Å². The van der Waals surface area contributed by atoms with Crippen LogP contribution in [0.25, 0.3) is 0 Å². The Morgan fingerprint density at radius 1 is 1.32 bits per heavy atom. The Bertz CT molecular complexity index is 736. The lowest BCUT2D eigenvalue weighted by Crippen LogP contribution is -2.56. The van der Waals surface area contributed by atoms with E-state index >= 15 is 0 Å². The lowest BCUT2D eigenvalue weighted by atomic mass is 9.74. The summed E-state index contributed by atoms with van der Waals surface area (Å²) in [5.74, 6) is 0.407. The van der Waals surface area contributed by atoms with Crippen LogP contribution < -0.4 is 10.6 Å². The summed E-state index contributed by atoms with van der Waals surface area (Å²) in [4.78, 5) is 38.9. The van der Waals surface area contributed by atoms with E-state index in [9.17, 15) is 14.4 Å². The van der Waals surface area contributed by atoms with E-state index in [0.29, 0.717) is 38.4 Å². The van der Waals surface area contributed by atoms with E-state index in [2.05, 4.69) is 29.6 Å². The summed E-state index contributed by atoms with van der Waals surface area (Å²) in [6.07, 6.45) is 5.25. The number of likely N-dealkylation sites (tertiary alicyclic amines) is 1. The van der Waals surface area contributed by atoms with Gasteiger partial charge in [0.1, 0.15) is 5.54 Å². The molecule has 0 unspecified atom stereocenters. The first kappa shape index (κ1) is 20.4. The van der Waals surface area contributed by atoms with Crippen LogP contribution in [0.3, 0.4) is 0 Å². The Kier molecular flexibility index (Phi) is 6.05. The summed E-state index contributed by atoms with van der Waals surface area (Å²) in [5.41, 5.74) is 0.111. The number of urea groups is 1. The average molecular weight is 390 g/mol. The van der Waals surface area contributed by atoms with Gasteiger partial charge in [-0.1, -0.05) is 13.8 Å². The van der Waals surface area contributed by atoms with Crippen molar-refractivity contribution in [2.45, 2.75) is 65.0 Å². The van der Waals surface area contributed by atoms with Gasteiger partial charge in [0, 0.05) is 32.3 Å². The third kappa shape index (κ3) is 4.36. The number of aromatic nitrogens is 2. The summed E-state index contributed by atoms with van der Waals surface area (Å²) in [6, 6.07) is 1.52. The summed E-state index contributed by atoms with van der Waals surface area (Å²) < 4.78 is 1.79. The number of piperidine rings is 1. The molecule has 0 bridgehead atoms. The van der Waals surface area contributed by atoms with Gasteiger partial charge in [0.05, 0.1) is 5.69 Å². The zero-order valence-electron chi connectivity index (χ0n) is 17.0. The lowest BCUT2D eigenvalue weighted by Gasteiger charge is -2.41. The number of carbonyl (C=O) groups excluding carboxylic acids is 3. The van der Waals surface area contributed by atoms with Crippen LogP contribution in [0.15, 0.2) is 12.3 Å². The molecule has 3 heterocycles. The SMILES string of the molecule is Cc1ccn(CCC(=O)N2CCC([C@]3(CCC(C)C)NC(=O)NC3=O)CC2)n1. The minimum atomic E-state index is -0.830. The molecule has 2 fully saturated rings. The van der Waals surface area contributed by atoms with Crippen LogP contribution in [-0.2, 0) is 16.1 Å². The number of imide groups is 1. The van der Waals surface area contributed by atoms with E-state index in [4.69, 9.17) is 0 Å². The number of aryl methyl sites for hydroxylation is 2. The Balaban J connectivity index is 1.57. The molecule has 2 saturated heterocycles. The van der Waals surface area contributed by atoms with E-state index < -0.39 is 11.6 Å². The zero-order chi connectivity index (χ0) is 20.3. The van der Waals surface area contributed by atoms with Gasteiger partial charge in [0.15, 0.2) is 0 Å². The smallest absolute Gasteiger partial charge is 0.322 e. The Morgan fingerprint density at radius 2 is 2.04 bits per heavy atom. The first-order valence-electron chi connectivity index (χ1n) is 10.2. The first-order valence-corrected chi connectivity index (χ1v) is 10.2. The van der Waals surface area contributed by atoms with Crippen LogP contribution >= 0.6 is 0 Å². The van der Waals surface area contributed by atoms with Crippen LogP contribution in [0.4, 0.5) is 4.79 Å². The van der Waals surface area contributed by atoms with Gasteiger partial charge in [-0.3, -0.25) is 19.6 Å². The summed E-state index contributed by atoms with van der Waals surface area (Å²) >= 11 is 0. The van der Waals surface area contributed by atoms with Gasteiger partial charge >= 0.3 is 6.03 Å². The predicted octanol–water partition coefficient (Wildman–Crippen LogP) is 1.83. The molecule has 0 saturated carbocycles. The average Bonchev–Trinajstić information content (AvgIpc) is 3.20. The van der Waals surface area contributed by atoms with Crippen LogP contribution in [0, 0.1) is 18.8 Å². The number of carbonyl (C=O) groups is 3. The number of nitrogens with one attached hydrogen (secondary N) is 2. The van der Waals surface area contributed by atoms with Gasteiger partial charge in [-0.2, -0.15) is 5.10 Å². The molecule has 8 nitrogen and oxygen atoms in total.